The number of aromatic amines is 1. The van der Waals surface area contributed by atoms with E-state index in [-0.39, 0.29) is 47.5 Å². The molecule has 322 valence electrons. The molecule has 1 fully saturated rings. The third-order valence-corrected chi connectivity index (χ3v) is 10.2. The summed E-state index contributed by atoms with van der Waals surface area (Å²) in [6.45, 7) is 12.1. The van der Waals surface area contributed by atoms with Gasteiger partial charge in [0.1, 0.15) is 17.3 Å². The summed E-state index contributed by atoms with van der Waals surface area (Å²) in [5.74, 6) is -1.32. The molecular weight excluding hydrogens is 782 g/mol. The van der Waals surface area contributed by atoms with E-state index in [0.29, 0.717) is 61.4 Å². The van der Waals surface area contributed by atoms with Crippen molar-refractivity contribution in [3.63, 3.8) is 0 Å². The largest absolute Gasteiger partial charge is 0.444 e. The Morgan fingerprint density at radius 1 is 0.883 bits per heavy atom. The fourth-order valence-electron chi connectivity index (χ4n) is 6.93. The summed E-state index contributed by atoms with van der Waals surface area (Å²) in [4.78, 5) is 58.2. The monoisotopic (exact) mass is 834 g/mol. The number of hydrogen-bond acceptors (Lipinski definition) is 10. The second kappa shape index (κ2) is 20.4. The average molecular weight is 835 g/mol. The molecule has 0 radical (unpaired) electrons. The highest BCUT2D eigenvalue weighted by atomic mass is 19.4. The summed E-state index contributed by atoms with van der Waals surface area (Å²) in [5, 5.41) is 25.1. The second-order valence-electron chi connectivity index (χ2n) is 15.7. The van der Waals surface area contributed by atoms with Crippen molar-refractivity contribution in [2.24, 2.45) is 11.8 Å². The third-order valence-electron chi connectivity index (χ3n) is 10.2. The molecule has 0 bridgehead atoms. The lowest BCUT2D eigenvalue weighted by Gasteiger charge is -2.29. The Kier molecular flexibility index (Phi) is 15.3. The highest BCUT2D eigenvalue weighted by Gasteiger charge is 2.37. The number of pyridine rings is 1. The van der Waals surface area contributed by atoms with Gasteiger partial charge < -0.3 is 30.9 Å². The molecule has 1 atom stereocenters. The van der Waals surface area contributed by atoms with Crippen molar-refractivity contribution in [2.45, 2.75) is 84.5 Å². The molecule has 0 aliphatic heterocycles. The summed E-state index contributed by atoms with van der Waals surface area (Å²) in [6, 6.07) is 14.4. The highest BCUT2D eigenvalue weighted by Crippen LogP contribution is 2.36. The lowest BCUT2D eigenvalue weighted by Crippen LogP contribution is -2.48. The van der Waals surface area contributed by atoms with Crippen LogP contribution in [0.5, 0.6) is 0 Å². The number of amides is 4. The molecule has 2 aromatic heterocycles. The molecule has 4 amide bonds. The molecule has 1 aliphatic carbocycles. The van der Waals surface area contributed by atoms with E-state index in [9.17, 15) is 32.3 Å². The van der Waals surface area contributed by atoms with Crippen LogP contribution in [-0.4, -0.2) is 98.7 Å². The number of rotatable bonds is 16. The molecule has 18 heteroatoms. The van der Waals surface area contributed by atoms with Crippen LogP contribution >= 0.6 is 0 Å². The third kappa shape index (κ3) is 13.0. The van der Waals surface area contributed by atoms with Crippen molar-refractivity contribution < 1.29 is 37.1 Å². The van der Waals surface area contributed by atoms with Crippen LogP contribution in [-0.2, 0) is 26.9 Å². The van der Waals surface area contributed by atoms with Gasteiger partial charge in [0.2, 0.25) is 17.6 Å². The predicted molar refractivity (Wildman–Crippen MR) is 218 cm³/mol. The van der Waals surface area contributed by atoms with Crippen LogP contribution in [0.4, 0.5) is 23.7 Å². The maximum atomic E-state index is 14.3. The Morgan fingerprint density at radius 2 is 1.55 bits per heavy atom. The van der Waals surface area contributed by atoms with E-state index in [0.717, 1.165) is 13.1 Å². The number of nitrogens with one attached hydrogen (secondary N) is 5. The van der Waals surface area contributed by atoms with Gasteiger partial charge >= 0.3 is 12.3 Å². The minimum Gasteiger partial charge on any atom is -0.444 e. The molecule has 0 unspecified atom stereocenters. The standard InChI is InChI=1S/C42H53F3N10O5/c1-6-55(7-2)23-22-46-38(57)33-21-20-32(35(49-33)42(43,44)45)28-12-8-26(9-13-28)24-34(39(58)48-31-18-16-29(17-19-31)36-51-53-54-52-36)50-37(56)30-14-10-27(11-15-30)25-47-40(59)60-41(3,4)5/h8-9,12-13,16-21,27,30,34H,6-7,10-11,14-15,22-25H2,1-5H3,(H,46,57)(H,47,59)(H,48,58)(H,50,56)(H,51,52,53,54)/t27-,30-,34-/m0/s1. The number of halogens is 3. The van der Waals surface area contributed by atoms with Gasteiger partial charge in [-0.05, 0) is 118 Å². The zero-order valence-electron chi connectivity index (χ0n) is 34.5. The van der Waals surface area contributed by atoms with Crippen LogP contribution in [0.3, 0.4) is 0 Å². The van der Waals surface area contributed by atoms with Gasteiger partial charge in [-0.25, -0.2) is 9.78 Å². The molecule has 0 spiro atoms. The van der Waals surface area contributed by atoms with Crippen molar-refractivity contribution in [3.8, 4) is 22.5 Å². The van der Waals surface area contributed by atoms with Crippen molar-refractivity contribution in [1.29, 1.82) is 0 Å². The van der Waals surface area contributed by atoms with Gasteiger partial charge in [0.25, 0.3) is 5.91 Å². The van der Waals surface area contributed by atoms with Gasteiger partial charge in [0.05, 0.1) is 0 Å². The van der Waals surface area contributed by atoms with E-state index in [4.69, 9.17) is 4.74 Å². The summed E-state index contributed by atoms with van der Waals surface area (Å²) >= 11 is 0. The molecule has 4 aromatic rings. The molecule has 0 saturated heterocycles. The maximum Gasteiger partial charge on any atom is 0.433 e. The Bertz CT molecular complexity index is 2040. The van der Waals surface area contributed by atoms with Gasteiger partial charge in [0, 0.05) is 48.8 Å². The lowest BCUT2D eigenvalue weighted by atomic mass is 9.81. The van der Waals surface area contributed by atoms with Crippen LogP contribution in [0.15, 0.2) is 60.7 Å². The van der Waals surface area contributed by atoms with Crippen LogP contribution < -0.4 is 21.3 Å². The van der Waals surface area contributed by atoms with E-state index in [2.05, 4.69) is 51.8 Å². The van der Waals surface area contributed by atoms with Crippen molar-refractivity contribution in [2.75, 3.05) is 38.0 Å². The van der Waals surface area contributed by atoms with Crippen molar-refractivity contribution in [3.05, 3.63) is 77.6 Å². The molecular formula is C42H53F3N10O5. The topological polar surface area (TPSA) is 196 Å². The first-order chi connectivity index (χ1) is 28.5. The summed E-state index contributed by atoms with van der Waals surface area (Å²) in [5.41, 5.74) is -0.470. The number of H-pyrrole nitrogens is 1. The number of aromatic nitrogens is 5. The van der Waals surface area contributed by atoms with E-state index in [1.807, 2.05) is 13.8 Å². The molecule has 1 aliphatic rings. The number of benzene rings is 2. The average Bonchev–Trinajstić information content (AvgIpc) is 3.76. The maximum absolute atomic E-state index is 14.3. The minimum atomic E-state index is -4.85. The summed E-state index contributed by atoms with van der Waals surface area (Å²) in [6.07, 6.45) is -2.82. The first-order valence-corrected chi connectivity index (χ1v) is 20.1. The fourth-order valence-corrected chi connectivity index (χ4v) is 6.93. The van der Waals surface area contributed by atoms with Crippen LogP contribution in [0.1, 0.15) is 82.0 Å². The number of alkyl halides is 3. The number of carbonyl (C=O) groups excluding carboxylic acids is 4. The molecule has 5 rings (SSSR count). The van der Waals surface area contributed by atoms with Gasteiger partial charge in [0.15, 0.2) is 5.69 Å². The zero-order valence-corrected chi connectivity index (χ0v) is 34.5. The normalized spacial score (nSPS) is 16.1. The minimum absolute atomic E-state index is 0.0327. The van der Waals surface area contributed by atoms with Gasteiger partial charge in [-0.2, -0.15) is 18.4 Å². The van der Waals surface area contributed by atoms with E-state index >= 15 is 0 Å². The summed E-state index contributed by atoms with van der Waals surface area (Å²) in [7, 11) is 0. The van der Waals surface area contributed by atoms with E-state index in [1.54, 1.807) is 57.2 Å². The van der Waals surface area contributed by atoms with Crippen LogP contribution in [0, 0.1) is 11.8 Å². The number of ether oxygens (including phenoxy) is 1. The van der Waals surface area contributed by atoms with Crippen molar-refractivity contribution >= 4 is 29.5 Å². The number of nitrogens with zero attached hydrogens (tertiary/aromatic N) is 5. The Hall–Kier alpha value is -5.91. The summed E-state index contributed by atoms with van der Waals surface area (Å²) < 4.78 is 48.4. The van der Waals surface area contributed by atoms with Gasteiger partial charge in [-0.3, -0.25) is 14.4 Å². The SMILES string of the molecule is CCN(CC)CCNC(=O)c1ccc(-c2ccc(C[C@H](NC(=O)[C@H]3CC[C@H](CNC(=O)OC(C)(C)C)CC3)C(=O)Nc3ccc(-c4nn[nH]n4)cc3)cc2)c(C(F)(F)F)n1. The number of carbonyl (C=O) groups is 4. The Labute approximate surface area is 347 Å². The highest BCUT2D eigenvalue weighted by molar-refractivity contribution is 5.98. The Balaban J connectivity index is 1.28. The first kappa shape index (κ1) is 45.2. The van der Waals surface area contributed by atoms with Crippen molar-refractivity contribution in [1.82, 2.24) is 46.5 Å². The van der Waals surface area contributed by atoms with E-state index in [1.165, 1.54) is 24.3 Å². The fraction of sp³-hybridized carbons (Fsp3) is 0.476. The molecule has 2 heterocycles. The number of tetrazole rings is 1. The van der Waals surface area contributed by atoms with Gasteiger partial charge in [-0.1, -0.05) is 38.1 Å². The molecule has 2 aromatic carbocycles. The predicted octanol–water partition coefficient (Wildman–Crippen LogP) is 6.02. The van der Waals surface area contributed by atoms with E-state index < -0.39 is 41.4 Å². The second-order valence-corrected chi connectivity index (χ2v) is 15.7. The van der Waals surface area contributed by atoms with Gasteiger partial charge in [-0.15, -0.1) is 10.2 Å². The number of hydrogen-bond donors (Lipinski definition) is 5. The van der Waals surface area contributed by atoms with Crippen LogP contribution in [0.2, 0.25) is 0 Å². The quantitative estimate of drug-likeness (QED) is 0.0891. The smallest absolute Gasteiger partial charge is 0.433 e. The Morgan fingerprint density at radius 3 is 2.15 bits per heavy atom. The molecule has 1 saturated carbocycles. The lowest BCUT2D eigenvalue weighted by molar-refractivity contribution is -0.140. The molecule has 15 nitrogen and oxygen atoms in total. The number of likely N-dealkylation sites (N-methyl/N-ethyl adjacent to an activating group) is 1. The number of anilines is 1. The molecule has 5 N–H and O–H groups in total. The van der Waals surface area contributed by atoms with Crippen LogP contribution in [0.25, 0.3) is 22.5 Å². The number of alkyl carbamates (subject to hydrolysis) is 1. The zero-order chi connectivity index (χ0) is 43.5. The molecule has 60 heavy (non-hydrogen) atoms. The first-order valence-electron chi connectivity index (χ1n) is 20.1.